The second kappa shape index (κ2) is 13.6. The summed E-state index contributed by atoms with van der Waals surface area (Å²) in [5.74, 6) is 2.09. The quantitative estimate of drug-likeness (QED) is 0.315. The summed E-state index contributed by atoms with van der Waals surface area (Å²) >= 11 is 0. The van der Waals surface area contributed by atoms with Gasteiger partial charge in [-0.1, -0.05) is 37.3 Å². The zero-order valence-electron chi connectivity index (χ0n) is 19.4. The van der Waals surface area contributed by atoms with Crippen molar-refractivity contribution in [2.45, 2.75) is 20.0 Å². The fraction of sp³-hybridized carbons (Fsp3) is 0.542. The number of aliphatic imine (C=N–C) groups is 1. The maximum absolute atomic E-state index is 5.83. The van der Waals surface area contributed by atoms with Crippen molar-refractivity contribution in [2.75, 3.05) is 64.4 Å². The van der Waals surface area contributed by atoms with Crippen LogP contribution in [0.4, 0.5) is 5.95 Å². The van der Waals surface area contributed by atoms with Crippen molar-refractivity contribution in [2.24, 2.45) is 10.9 Å². The smallest absolute Gasteiger partial charge is 0.225 e. The SMILES string of the molecule is CN=C(NCCCN1CCN(c2ncccn2)CC1)NCC(C)COCc1ccccc1. The van der Waals surface area contributed by atoms with Gasteiger partial charge in [0.1, 0.15) is 0 Å². The van der Waals surface area contributed by atoms with E-state index in [1.807, 2.05) is 31.3 Å². The predicted molar refractivity (Wildman–Crippen MR) is 130 cm³/mol. The van der Waals surface area contributed by atoms with Gasteiger partial charge in [-0.05, 0) is 30.5 Å². The van der Waals surface area contributed by atoms with E-state index >= 15 is 0 Å². The lowest BCUT2D eigenvalue weighted by Gasteiger charge is -2.34. The number of nitrogens with one attached hydrogen (secondary N) is 2. The monoisotopic (exact) mass is 439 g/mol. The molecule has 1 aromatic heterocycles. The van der Waals surface area contributed by atoms with Crippen LogP contribution in [-0.2, 0) is 11.3 Å². The van der Waals surface area contributed by atoms with Gasteiger partial charge in [0.25, 0.3) is 0 Å². The molecule has 1 unspecified atom stereocenters. The lowest BCUT2D eigenvalue weighted by atomic mass is 10.2. The lowest BCUT2D eigenvalue weighted by molar-refractivity contribution is 0.0931. The van der Waals surface area contributed by atoms with Gasteiger partial charge in [0.2, 0.25) is 5.95 Å². The van der Waals surface area contributed by atoms with E-state index in [0.29, 0.717) is 12.5 Å². The van der Waals surface area contributed by atoms with E-state index in [1.165, 1.54) is 5.56 Å². The average molecular weight is 440 g/mol. The van der Waals surface area contributed by atoms with Gasteiger partial charge in [0, 0.05) is 58.7 Å². The highest BCUT2D eigenvalue weighted by molar-refractivity contribution is 5.79. The van der Waals surface area contributed by atoms with E-state index in [-0.39, 0.29) is 0 Å². The largest absolute Gasteiger partial charge is 0.376 e. The highest BCUT2D eigenvalue weighted by Gasteiger charge is 2.18. The van der Waals surface area contributed by atoms with E-state index in [0.717, 1.165) is 70.7 Å². The molecule has 174 valence electrons. The van der Waals surface area contributed by atoms with E-state index in [4.69, 9.17) is 4.74 Å². The molecule has 1 aliphatic rings. The van der Waals surface area contributed by atoms with Gasteiger partial charge in [-0.3, -0.25) is 9.89 Å². The third kappa shape index (κ3) is 8.43. The summed E-state index contributed by atoms with van der Waals surface area (Å²) in [6.45, 7) is 10.4. The number of benzene rings is 1. The fourth-order valence-electron chi connectivity index (χ4n) is 3.64. The first kappa shape index (κ1) is 23.9. The minimum absolute atomic E-state index is 0.405. The van der Waals surface area contributed by atoms with Crippen LogP contribution in [0.15, 0.2) is 53.8 Å². The highest BCUT2D eigenvalue weighted by atomic mass is 16.5. The molecule has 8 nitrogen and oxygen atoms in total. The van der Waals surface area contributed by atoms with Crippen LogP contribution in [0.2, 0.25) is 0 Å². The normalized spacial score (nSPS) is 16.1. The second-order valence-electron chi connectivity index (χ2n) is 8.22. The molecule has 2 aromatic rings. The number of nitrogens with zero attached hydrogens (tertiary/aromatic N) is 5. The van der Waals surface area contributed by atoms with Gasteiger partial charge < -0.3 is 20.3 Å². The van der Waals surface area contributed by atoms with Crippen molar-refractivity contribution < 1.29 is 4.74 Å². The van der Waals surface area contributed by atoms with Crippen LogP contribution in [0.1, 0.15) is 18.9 Å². The van der Waals surface area contributed by atoms with E-state index in [2.05, 4.69) is 54.5 Å². The Kier molecular flexibility index (Phi) is 10.2. The van der Waals surface area contributed by atoms with Crippen LogP contribution >= 0.6 is 0 Å². The molecule has 1 fully saturated rings. The van der Waals surface area contributed by atoms with Crippen LogP contribution < -0.4 is 15.5 Å². The predicted octanol–water partition coefficient (Wildman–Crippen LogP) is 2.01. The van der Waals surface area contributed by atoms with E-state index in [9.17, 15) is 0 Å². The Balaban J connectivity index is 1.23. The highest BCUT2D eigenvalue weighted by Crippen LogP contribution is 2.09. The van der Waals surface area contributed by atoms with Crippen LogP contribution in [0.25, 0.3) is 0 Å². The molecule has 0 spiro atoms. The summed E-state index contributed by atoms with van der Waals surface area (Å²) in [5, 5.41) is 6.83. The Hall–Kier alpha value is -2.71. The first-order chi connectivity index (χ1) is 15.7. The molecule has 1 aromatic carbocycles. The van der Waals surface area contributed by atoms with Gasteiger partial charge in [0.05, 0.1) is 13.2 Å². The van der Waals surface area contributed by atoms with Gasteiger partial charge in [-0.25, -0.2) is 9.97 Å². The molecular weight excluding hydrogens is 402 g/mol. The van der Waals surface area contributed by atoms with Gasteiger partial charge in [-0.15, -0.1) is 0 Å². The molecule has 0 bridgehead atoms. The van der Waals surface area contributed by atoms with Crippen molar-refractivity contribution in [3.05, 3.63) is 54.4 Å². The lowest BCUT2D eigenvalue weighted by Crippen LogP contribution is -2.47. The first-order valence-corrected chi connectivity index (χ1v) is 11.5. The zero-order chi connectivity index (χ0) is 22.4. The molecule has 8 heteroatoms. The standard InChI is InChI=1S/C24H37N7O/c1-21(19-32-20-22-8-4-3-5-9-22)18-29-23(25-2)26-12-7-13-30-14-16-31(17-15-30)24-27-10-6-11-28-24/h3-6,8-11,21H,7,12-20H2,1-2H3,(H2,25,26,29). The molecular formula is C24H37N7O. The average Bonchev–Trinajstić information content (AvgIpc) is 2.85. The molecule has 2 heterocycles. The fourth-order valence-corrected chi connectivity index (χ4v) is 3.64. The summed E-state index contributed by atoms with van der Waals surface area (Å²) in [5.41, 5.74) is 1.21. The van der Waals surface area contributed by atoms with Crippen molar-refractivity contribution in [3.8, 4) is 0 Å². The number of piperazine rings is 1. The van der Waals surface area contributed by atoms with Crippen molar-refractivity contribution in [1.29, 1.82) is 0 Å². The van der Waals surface area contributed by atoms with Gasteiger partial charge >= 0.3 is 0 Å². The topological polar surface area (TPSA) is 77.9 Å². The summed E-state index contributed by atoms with van der Waals surface area (Å²) in [6.07, 6.45) is 4.69. The van der Waals surface area contributed by atoms with Gasteiger partial charge in [0.15, 0.2) is 5.96 Å². The Morgan fingerprint density at radius 2 is 1.81 bits per heavy atom. The number of anilines is 1. The van der Waals surface area contributed by atoms with Gasteiger partial charge in [-0.2, -0.15) is 0 Å². The summed E-state index contributed by atoms with van der Waals surface area (Å²) < 4.78 is 5.83. The zero-order valence-corrected chi connectivity index (χ0v) is 19.4. The van der Waals surface area contributed by atoms with Crippen LogP contribution in [-0.4, -0.2) is 80.3 Å². The number of aromatic nitrogens is 2. The van der Waals surface area contributed by atoms with Crippen molar-refractivity contribution in [3.63, 3.8) is 0 Å². The summed E-state index contributed by atoms with van der Waals surface area (Å²) in [6, 6.07) is 12.1. The second-order valence-corrected chi connectivity index (χ2v) is 8.22. The van der Waals surface area contributed by atoms with E-state index < -0.39 is 0 Å². The van der Waals surface area contributed by atoms with E-state index in [1.54, 1.807) is 12.4 Å². The summed E-state index contributed by atoms with van der Waals surface area (Å²) in [7, 11) is 1.82. The number of hydrogen-bond donors (Lipinski definition) is 2. The Morgan fingerprint density at radius 1 is 1.06 bits per heavy atom. The molecule has 1 atom stereocenters. The molecule has 3 rings (SSSR count). The minimum atomic E-state index is 0.405. The molecule has 0 saturated carbocycles. The first-order valence-electron chi connectivity index (χ1n) is 11.5. The minimum Gasteiger partial charge on any atom is -0.376 e. The third-order valence-corrected chi connectivity index (χ3v) is 5.51. The number of guanidine groups is 1. The third-order valence-electron chi connectivity index (χ3n) is 5.51. The Bertz CT molecular complexity index is 779. The van der Waals surface area contributed by atoms with Crippen LogP contribution in [0, 0.1) is 5.92 Å². The van der Waals surface area contributed by atoms with Crippen LogP contribution in [0.3, 0.4) is 0 Å². The molecule has 1 saturated heterocycles. The Morgan fingerprint density at radius 3 is 2.53 bits per heavy atom. The molecule has 0 amide bonds. The molecule has 0 radical (unpaired) electrons. The molecule has 1 aliphatic heterocycles. The van der Waals surface area contributed by atoms with Crippen LogP contribution in [0.5, 0.6) is 0 Å². The van der Waals surface area contributed by atoms with Crippen molar-refractivity contribution in [1.82, 2.24) is 25.5 Å². The molecule has 2 N–H and O–H groups in total. The summed E-state index contributed by atoms with van der Waals surface area (Å²) in [4.78, 5) is 17.8. The maximum atomic E-state index is 5.83. The number of rotatable bonds is 11. The number of hydrogen-bond acceptors (Lipinski definition) is 6. The number of ether oxygens (including phenoxy) is 1. The Labute approximate surface area is 192 Å². The van der Waals surface area contributed by atoms with Crippen molar-refractivity contribution >= 4 is 11.9 Å². The molecule has 32 heavy (non-hydrogen) atoms. The maximum Gasteiger partial charge on any atom is 0.225 e. The molecule has 0 aliphatic carbocycles.